The minimum Gasteiger partial charge on any atom is -0.340 e. The Hall–Kier alpha value is -1.85. The second kappa shape index (κ2) is 6.22. The number of fused-ring (bicyclic) bond motifs is 1. The lowest BCUT2D eigenvalue weighted by molar-refractivity contribution is -0.136. The summed E-state index contributed by atoms with van der Waals surface area (Å²) < 4.78 is 0. The molecule has 4 rings (SSSR count). The van der Waals surface area contributed by atoms with Gasteiger partial charge in [-0.1, -0.05) is 11.6 Å². The monoisotopic (exact) mass is 344 g/mol. The maximum absolute atomic E-state index is 12.7. The zero-order chi connectivity index (χ0) is 16.7. The zero-order valence-corrected chi connectivity index (χ0v) is 14.2. The Balaban J connectivity index is 1.51. The highest BCUT2D eigenvalue weighted by atomic mass is 35.5. The molecule has 6 heteroatoms. The predicted molar refractivity (Wildman–Crippen MR) is 93.5 cm³/mol. The van der Waals surface area contributed by atoms with Crippen LogP contribution in [0.3, 0.4) is 0 Å². The number of H-pyrrole nitrogens is 1. The van der Waals surface area contributed by atoms with Gasteiger partial charge in [-0.05, 0) is 43.5 Å². The van der Waals surface area contributed by atoms with Crippen molar-refractivity contribution in [3.63, 3.8) is 0 Å². The predicted octanol–water partition coefficient (Wildman–Crippen LogP) is 2.74. The molecule has 2 atom stereocenters. The molecule has 1 saturated carbocycles. The van der Waals surface area contributed by atoms with E-state index in [4.69, 9.17) is 22.3 Å². The lowest BCUT2D eigenvalue weighted by Gasteiger charge is -2.28. The maximum atomic E-state index is 12.7. The number of carbonyl (C=O) groups is 1. The van der Waals surface area contributed by atoms with Crippen molar-refractivity contribution >= 4 is 17.5 Å². The van der Waals surface area contributed by atoms with Crippen LogP contribution in [0.4, 0.5) is 0 Å². The van der Waals surface area contributed by atoms with E-state index in [-0.39, 0.29) is 17.9 Å². The number of hydrogen-bond donors (Lipinski definition) is 2. The molecule has 1 amide bonds. The average Bonchev–Trinajstić information content (AvgIpc) is 3.20. The molecule has 1 fully saturated rings. The maximum Gasteiger partial charge on any atom is 0.226 e. The smallest absolute Gasteiger partial charge is 0.226 e. The second-order valence-electron chi connectivity index (χ2n) is 6.80. The van der Waals surface area contributed by atoms with E-state index < -0.39 is 0 Å². The minimum absolute atomic E-state index is 0.0974. The van der Waals surface area contributed by atoms with Crippen molar-refractivity contribution in [1.82, 2.24) is 14.9 Å². The van der Waals surface area contributed by atoms with Gasteiger partial charge in [0.2, 0.25) is 5.91 Å². The average molecular weight is 345 g/mol. The van der Waals surface area contributed by atoms with Crippen molar-refractivity contribution in [2.24, 2.45) is 11.7 Å². The van der Waals surface area contributed by atoms with Gasteiger partial charge >= 0.3 is 0 Å². The van der Waals surface area contributed by atoms with Crippen LogP contribution in [0.25, 0.3) is 11.4 Å². The number of halogens is 1. The molecule has 3 N–H and O–H groups in total. The molecule has 126 valence electrons. The molecular formula is C18H21ClN4O. The van der Waals surface area contributed by atoms with Gasteiger partial charge in [-0.2, -0.15) is 0 Å². The summed E-state index contributed by atoms with van der Waals surface area (Å²) in [6.07, 6.45) is 3.49. The van der Waals surface area contributed by atoms with Crippen molar-refractivity contribution in [2.75, 3.05) is 6.54 Å². The summed E-state index contributed by atoms with van der Waals surface area (Å²) in [7, 11) is 0. The molecule has 1 aromatic carbocycles. The number of amides is 1. The number of hydrogen-bond acceptors (Lipinski definition) is 3. The van der Waals surface area contributed by atoms with Gasteiger partial charge in [0.1, 0.15) is 5.82 Å². The van der Waals surface area contributed by atoms with E-state index in [0.717, 1.165) is 55.0 Å². The molecule has 0 saturated heterocycles. The molecule has 2 heterocycles. The van der Waals surface area contributed by atoms with Gasteiger partial charge in [0.25, 0.3) is 0 Å². The highest BCUT2D eigenvalue weighted by Gasteiger charge is 2.33. The number of rotatable bonds is 2. The third-order valence-corrected chi connectivity index (χ3v) is 5.34. The number of nitrogens with zero attached hydrogens (tertiary/aromatic N) is 2. The molecular weight excluding hydrogens is 324 g/mol. The largest absolute Gasteiger partial charge is 0.340 e. The van der Waals surface area contributed by atoms with Crippen LogP contribution < -0.4 is 5.73 Å². The minimum atomic E-state index is 0.0974. The molecule has 2 unspecified atom stereocenters. The summed E-state index contributed by atoms with van der Waals surface area (Å²) in [5.74, 6) is 1.19. The van der Waals surface area contributed by atoms with Crippen LogP contribution in [-0.4, -0.2) is 33.4 Å². The summed E-state index contributed by atoms with van der Waals surface area (Å²) in [5, 5.41) is 0.710. The summed E-state index contributed by atoms with van der Waals surface area (Å²) in [4.78, 5) is 22.7. The third-order valence-electron chi connectivity index (χ3n) is 5.08. The highest BCUT2D eigenvalue weighted by molar-refractivity contribution is 6.30. The van der Waals surface area contributed by atoms with E-state index in [1.807, 2.05) is 29.2 Å². The molecule has 1 aliphatic carbocycles. The first-order valence-corrected chi connectivity index (χ1v) is 8.86. The van der Waals surface area contributed by atoms with Crippen LogP contribution in [0.2, 0.25) is 5.02 Å². The Labute approximate surface area is 146 Å². The van der Waals surface area contributed by atoms with Crippen molar-refractivity contribution in [3.05, 3.63) is 40.7 Å². The van der Waals surface area contributed by atoms with E-state index in [9.17, 15) is 4.79 Å². The standard InChI is InChI=1S/C18H21ClN4O/c19-13-4-1-11(2-5-13)17-21-15-7-8-23(10-16(15)22-17)18(24)12-3-6-14(20)9-12/h1-2,4-5,12,14H,3,6-10,20H2,(H,21,22). The number of nitrogens with one attached hydrogen (secondary N) is 1. The number of aromatic nitrogens is 2. The van der Waals surface area contributed by atoms with Crippen LogP contribution in [-0.2, 0) is 17.8 Å². The van der Waals surface area contributed by atoms with Crippen molar-refractivity contribution in [3.8, 4) is 11.4 Å². The zero-order valence-electron chi connectivity index (χ0n) is 13.5. The molecule has 24 heavy (non-hydrogen) atoms. The van der Waals surface area contributed by atoms with Crippen molar-refractivity contribution in [2.45, 2.75) is 38.3 Å². The van der Waals surface area contributed by atoms with Crippen LogP contribution in [0, 0.1) is 5.92 Å². The number of nitrogens with two attached hydrogens (primary N) is 1. The fourth-order valence-electron chi connectivity index (χ4n) is 3.73. The van der Waals surface area contributed by atoms with Crippen LogP contribution in [0.1, 0.15) is 30.7 Å². The Bertz CT molecular complexity index is 755. The molecule has 1 aromatic heterocycles. The normalized spacial score (nSPS) is 23.3. The second-order valence-corrected chi connectivity index (χ2v) is 7.23. The lowest BCUT2D eigenvalue weighted by Crippen LogP contribution is -2.39. The lowest BCUT2D eigenvalue weighted by atomic mass is 10.0. The molecule has 0 radical (unpaired) electrons. The van der Waals surface area contributed by atoms with E-state index in [2.05, 4.69) is 4.98 Å². The first-order chi connectivity index (χ1) is 11.6. The Kier molecular flexibility index (Phi) is 4.06. The fraction of sp³-hybridized carbons (Fsp3) is 0.444. The number of aromatic amines is 1. The summed E-state index contributed by atoms with van der Waals surface area (Å²) in [6, 6.07) is 7.81. The Morgan fingerprint density at radius 1 is 1.29 bits per heavy atom. The van der Waals surface area contributed by atoms with Crippen molar-refractivity contribution < 1.29 is 4.79 Å². The quantitative estimate of drug-likeness (QED) is 0.879. The van der Waals surface area contributed by atoms with Gasteiger partial charge < -0.3 is 15.6 Å². The van der Waals surface area contributed by atoms with Gasteiger partial charge in [-0.15, -0.1) is 0 Å². The van der Waals surface area contributed by atoms with Crippen molar-refractivity contribution in [1.29, 1.82) is 0 Å². The molecule has 2 aromatic rings. The molecule has 1 aliphatic heterocycles. The summed E-state index contributed by atoms with van der Waals surface area (Å²) in [6.45, 7) is 1.35. The van der Waals surface area contributed by atoms with Crippen LogP contribution in [0.5, 0.6) is 0 Å². The van der Waals surface area contributed by atoms with Crippen LogP contribution in [0.15, 0.2) is 24.3 Å². The van der Waals surface area contributed by atoms with Gasteiger partial charge in [-0.3, -0.25) is 4.79 Å². The van der Waals surface area contributed by atoms with Gasteiger partial charge in [0, 0.05) is 35.5 Å². The SMILES string of the molecule is NC1CCC(C(=O)N2CCc3nc(-c4ccc(Cl)cc4)[nH]c3C2)C1. The Morgan fingerprint density at radius 2 is 2.08 bits per heavy atom. The number of benzene rings is 1. The number of carbonyl (C=O) groups excluding carboxylic acids is 1. The van der Waals surface area contributed by atoms with E-state index >= 15 is 0 Å². The molecule has 0 spiro atoms. The number of imidazole rings is 1. The summed E-state index contributed by atoms with van der Waals surface area (Å²) >= 11 is 5.94. The van der Waals surface area contributed by atoms with Gasteiger partial charge in [0.15, 0.2) is 0 Å². The van der Waals surface area contributed by atoms with Gasteiger partial charge in [-0.25, -0.2) is 4.98 Å². The topological polar surface area (TPSA) is 75.0 Å². The highest BCUT2D eigenvalue weighted by Crippen LogP contribution is 2.29. The Morgan fingerprint density at radius 3 is 2.79 bits per heavy atom. The molecule has 5 nitrogen and oxygen atoms in total. The molecule has 2 aliphatic rings. The van der Waals surface area contributed by atoms with E-state index in [1.54, 1.807) is 0 Å². The van der Waals surface area contributed by atoms with E-state index in [1.165, 1.54) is 0 Å². The first kappa shape index (κ1) is 15.7. The molecule has 0 bridgehead atoms. The fourth-order valence-corrected chi connectivity index (χ4v) is 3.85. The van der Waals surface area contributed by atoms with E-state index in [0.29, 0.717) is 11.6 Å². The first-order valence-electron chi connectivity index (χ1n) is 8.48. The third kappa shape index (κ3) is 2.94. The van der Waals surface area contributed by atoms with Crippen LogP contribution >= 0.6 is 11.6 Å². The van der Waals surface area contributed by atoms with Gasteiger partial charge in [0.05, 0.1) is 17.9 Å². The summed E-state index contributed by atoms with van der Waals surface area (Å²) in [5.41, 5.74) is 9.06.